The number of rotatable bonds is 5. The van der Waals surface area contributed by atoms with E-state index in [1.165, 1.54) is 12.1 Å². The van der Waals surface area contributed by atoms with Gasteiger partial charge in [0.1, 0.15) is 0 Å². The highest BCUT2D eigenvalue weighted by Gasteiger charge is 2.18. The lowest BCUT2D eigenvalue weighted by Gasteiger charge is -2.14. The molecular weight excluding hydrogens is 272 g/mol. The number of halogens is 1. The van der Waals surface area contributed by atoms with E-state index in [9.17, 15) is 8.42 Å². The van der Waals surface area contributed by atoms with E-state index in [0.29, 0.717) is 16.3 Å². The lowest BCUT2D eigenvalue weighted by molar-refractivity contribution is 0.544. The average Bonchev–Trinajstić information content (AvgIpc) is 2.24. The monoisotopic (exact) mass is 290 g/mol. The standard InChI is InChI=1S/C12H19ClN2O2S/c1-4-5-8(2)15-18(16,17)10-6-11(13)9(3)12(14)7-10/h6-8,15H,4-5,14H2,1-3H3. The molecule has 0 spiro atoms. The molecule has 18 heavy (non-hydrogen) atoms. The molecule has 0 aliphatic rings. The number of hydrogen-bond acceptors (Lipinski definition) is 3. The summed E-state index contributed by atoms with van der Waals surface area (Å²) in [6.07, 6.45) is 1.70. The minimum absolute atomic E-state index is 0.110. The van der Waals surface area contributed by atoms with Gasteiger partial charge in [-0.2, -0.15) is 0 Å². The molecule has 1 aromatic carbocycles. The minimum Gasteiger partial charge on any atom is -0.398 e. The van der Waals surface area contributed by atoms with Crippen LogP contribution in [-0.2, 0) is 10.0 Å². The normalized spacial score (nSPS) is 13.6. The number of nitrogens with one attached hydrogen (secondary N) is 1. The molecule has 0 bridgehead atoms. The summed E-state index contributed by atoms with van der Waals surface area (Å²) in [7, 11) is -3.56. The molecular formula is C12H19ClN2O2S. The highest BCUT2D eigenvalue weighted by molar-refractivity contribution is 7.89. The van der Waals surface area contributed by atoms with Crippen LogP contribution in [0.1, 0.15) is 32.3 Å². The van der Waals surface area contributed by atoms with Gasteiger partial charge < -0.3 is 5.73 Å². The van der Waals surface area contributed by atoms with E-state index >= 15 is 0 Å². The van der Waals surface area contributed by atoms with Crippen molar-refractivity contribution in [2.45, 2.75) is 44.6 Å². The lowest BCUT2D eigenvalue weighted by atomic mass is 10.2. The van der Waals surface area contributed by atoms with Gasteiger partial charge in [-0.05, 0) is 38.0 Å². The van der Waals surface area contributed by atoms with Crippen LogP contribution in [0.3, 0.4) is 0 Å². The molecule has 102 valence electrons. The molecule has 0 saturated carbocycles. The largest absolute Gasteiger partial charge is 0.398 e. The van der Waals surface area contributed by atoms with Crippen molar-refractivity contribution in [1.82, 2.24) is 4.72 Å². The number of benzene rings is 1. The van der Waals surface area contributed by atoms with E-state index in [0.717, 1.165) is 12.8 Å². The topological polar surface area (TPSA) is 72.2 Å². The number of nitrogens with two attached hydrogens (primary N) is 1. The number of anilines is 1. The summed E-state index contributed by atoms with van der Waals surface area (Å²) in [6.45, 7) is 5.59. The highest BCUT2D eigenvalue weighted by atomic mass is 35.5. The molecule has 6 heteroatoms. The van der Waals surface area contributed by atoms with Crippen molar-refractivity contribution in [1.29, 1.82) is 0 Å². The second kappa shape index (κ2) is 5.91. The van der Waals surface area contributed by atoms with Crippen molar-refractivity contribution >= 4 is 27.3 Å². The quantitative estimate of drug-likeness (QED) is 0.819. The summed E-state index contributed by atoms with van der Waals surface area (Å²) in [5.41, 5.74) is 6.80. The minimum atomic E-state index is -3.56. The van der Waals surface area contributed by atoms with E-state index in [-0.39, 0.29) is 10.9 Å². The van der Waals surface area contributed by atoms with Gasteiger partial charge in [-0.3, -0.25) is 0 Å². The second-order valence-electron chi connectivity index (χ2n) is 4.43. The summed E-state index contributed by atoms with van der Waals surface area (Å²) >= 11 is 5.95. The first-order valence-electron chi connectivity index (χ1n) is 5.86. The van der Waals surface area contributed by atoms with Crippen LogP contribution >= 0.6 is 11.6 Å². The molecule has 1 atom stereocenters. The second-order valence-corrected chi connectivity index (χ2v) is 6.55. The van der Waals surface area contributed by atoms with Crippen molar-refractivity contribution < 1.29 is 8.42 Å². The Bertz CT molecular complexity index is 506. The zero-order valence-electron chi connectivity index (χ0n) is 10.8. The number of sulfonamides is 1. The Morgan fingerprint density at radius 2 is 2.06 bits per heavy atom. The molecule has 0 radical (unpaired) electrons. The van der Waals surface area contributed by atoms with Crippen LogP contribution in [-0.4, -0.2) is 14.5 Å². The van der Waals surface area contributed by atoms with Gasteiger partial charge in [0, 0.05) is 16.8 Å². The average molecular weight is 291 g/mol. The molecule has 1 unspecified atom stereocenters. The van der Waals surface area contributed by atoms with Gasteiger partial charge in [0.2, 0.25) is 10.0 Å². The van der Waals surface area contributed by atoms with E-state index in [2.05, 4.69) is 4.72 Å². The van der Waals surface area contributed by atoms with E-state index in [4.69, 9.17) is 17.3 Å². The molecule has 0 heterocycles. The maximum Gasteiger partial charge on any atom is 0.240 e. The van der Waals surface area contributed by atoms with E-state index in [1.54, 1.807) is 6.92 Å². The maximum atomic E-state index is 12.1. The predicted octanol–water partition coefficient (Wildman–Crippen LogP) is 2.70. The molecule has 0 fully saturated rings. The Kier molecular flexibility index (Phi) is 5.01. The Balaban J connectivity index is 3.06. The molecule has 0 amide bonds. The SMILES string of the molecule is CCCC(C)NS(=O)(=O)c1cc(N)c(C)c(Cl)c1. The number of nitrogen functional groups attached to an aromatic ring is 1. The van der Waals surface area contributed by atoms with Crippen LogP contribution in [0.15, 0.2) is 17.0 Å². The van der Waals surface area contributed by atoms with Crippen LogP contribution in [0, 0.1) is 6.92 Å². The third-order valence-electron chi connectivity index (χ3n) is 2.75. The maximum absolute atomic E-state index is 12.1. The Hall–Kier alpha value is -0.780. The van der Waals surface area contributed by atoms with Gasteiger partial charge in [-0.15, -0.1) is 0 Å². The van der Waals surface area contributed by atoms with Crippen molar-refractivity contribution in [3.8, 4) is 0 Å². The van der Waals surface area contributed by atoms with Gasteiger partial charge in [0.05, 0.1) is 4.90 Å². The molecule has 0 saturated heterocycles. The third kappa shape index (κ3) is 3.60. The fraction of sp³-hybridized carbons (Fsp3) is 0.500. The molecule has 1 rings (SSSR count). The van der Waals surface area contributed by atoms with Crippen molar-refractivity contribution in [2.75, 3.05) is 5.73 Å². The molecule has 0 aromatic heterocycles. The van der Waals surface area contributed by atoms with Crippen molar-refractivity contribution in [3.05, 3.63) is 22.7 Å². The first-order valence-corrected chi connectivity index (χ1v) is 7.72. The van der Waals surface area contributed by atoms with Gasteiger partial charge in [-0.1, -0.05) is 24.9 Å². The zero-order chi connectivity index (χ0) is 13.9. The van der Waals surface area contributed by atoms with Crippen LogP contribution in [0.5, 0.6) is 0 Å². The molecule has 0 aliphatic carbocycles. The third-order valence-corrected chi connectivity index (χ3v) is 4.71. The Labute approximate surface area is 114 Å². The lowest BCUT2D eigenvalue weighted by Crippen LogP contribution is -2.32. The predicted molar refractivity (Wildman–Crippen MR) is 75.3 cm³/mol. The van der Waals surface area contributed by atoms with E-state index in [1.807, 2.05) is 13.8 Å². The Morgan fingerprint density at radius 1 is 1.44 bits per heavy atom. The van der Waals surface area contributed by atoms with Crippen molar-refractivity contribution in [3.63, 3.8) is 0 Å². The summed E-state index contributed by atoms with van der Waals surface area (Å²) in [6, 6.07) is 2.75. The van der Waals surface area contributed by atoms with Crippen LogP contribution in [0.25, 0.3) is 0 Å². The van der Waals surface area contributed by atoms with Gasteiger partial charge in [-0.25, -0.2) is 13.1 Å². The summed E-state index contributed by atoms with van der Waals surface area (Å²) in [4.78, 5) is 0.110. The molecule has 3 N–H and O–H groups in total. The van der Waals surface area contributed by atoms with Crippen LogP contribution in [0.2, 0.25) is 5.02 Å². The highest BCUT2D eigenvalue weighted by Crippen LogP contribution is 2.26. The zero-order valence-corrected chi connectivity index (χ0v) is 12.4. The molecule has 0 aliphatic heterocycles. The van der Waals surface area contributed by atoms with Crippen LogP contribution < -0.4 is 10.5 Å². The first-order chi connectivity index (χ1) is 8.27. The fourth-order valence-corrected chi connectivity index (χ4v) is 3.28. The summed E-state index contributed by atoms with van der Waals surface area (Å²) < 4.78 is 26.8. The summed E-state index contributed by atoms with van der Waals surface area (Å²) in [5, 5.41) is 0.360. The molecule has 1 aromatic rings. The first kappa shape index (κ1) is 15.3. The molecule has 4 nitrogen and oxygen atoms in total. The smallest absolute Gasteiger partial charge is 0.240 e. The van der Waals surface area contributed by atoms with Crippen molar-refractivity contribution in [2.24, 2.45) is 0 Å². The summed E-state index contributed by atoms with van der Waals surface area (Å²) in [5.74, 6) is 0. The van der Waals surface area contributed by atoms with Gasteiger partial charge in [0.25, 0.3) is 0 Å². The Morgan fingerprint density at radius 3 is 2.56 bits per heavy atom. The van der Waals surface area contributed by atoms with E-state index < -0.39 is 10.0 Å². The fourth-order valence-electron chi connectivity index (χ4n) is 1.65. The number of hydrogen-bond donors (Lipinski definition) is 2. The van der Waals surface area contributed by atoms with Gasteiger partial charge >= 0.3 is 0 Å². The van der Waals surface area contributed by atoms with Crippen LogP contribution in [0.4, 0.5) is 5.69 Å². The van der Waals surface area contributed by atoms with Gasteiger partial charge in [0.15, 0.2) is 0 Å².